The molecule has 0 aliphatic carbocycles. The minimum atomic E-state index is -0.246. The van der Waals surface area contributed by atoms with Gasteiger partial charge in [-0.1, -0.05) is 154 Å². The molecule has 0 aromatic carbocycles. The number of hydrogen-bond acceptors (Lipinski definition) is 4. The van der Waals surface area contributed by atoms with Gasteiger partial charge in [0.15, 0.2) is 0 Å². The molecule has 0 radical (unpaired) electrons. The second-order valence-electron chi connectivity index (χ2n) is 15.1. The van der Waals surface area contributed by atoms with Crippen molar-refractivity contribution in [2.24, 2.45) is 0 Å². The number of nitrogens with one attached hydrogen (secondary N) is 1. The average Bonchev–Trinajstić information content (AvgIpc) is 3.10. The van der Waals surface area contributed by atoms with Gasteiger partial charge in [-0.2, -0.15) is 0 Å². The minimum Gasteiger partial charge on any atom is -0.381 e. The van der Waals surface area contributed by atoms with Gasteiger partial charge in [-0.05, 0) is 91.3 Å². The molecule has 0 fully saturated rings. The molecule has 0 heterocycles. The number of hydrogen-bond donors (Lipinski definition) is 1. The molecule has 0 aromatic rings. The van der Waals surface area contributed by atoms with Gasteiger partial charge >= 0.3 is 0 Å². The molecule has 0 aliphatic heterocycles. The fourth-order valence-corrected chi connectivity index (χ4v) is 6.32. The van der Waals surface area contributed by atoms with Crippen molar-refractivity contribution in [3.8, 4) is 0 Å². The van der Waals surface area contributed by atoms with Crippen LogP contribution in [0, 0.1) is 0 Å². The molecular formula is C45H88N2O3. The van der Waals surface area contributed by atoms with Crippen molar-refractivity contribution in [1.82, 2.24) is 10.2 Å². The molecule has 1 N–H and O–H groups in total. The van der Waals surface area contributed by atoms with Crippen LogP contribution in [0.5, 0.6) is 0 Å². The molecule has 1 atom stereocenters. The standard InChI is InChI=1S/C45H88N2O3/c1-5-7-9-11-13-15-17-19-21-23-25-27-29-31-33-35-41-49-43-39-45(46-44(48)38-37-40-47(3)4)50-42-36-34-32-30-28-26-24-22-20-18-16-14-12-10-8-6-2/h19-22,45H,5-18,23-43H2,1-4H3,(H,46,48)/b21-19-,22-20-. The highest BCUT2D eigenvalue weighted by atomic mass is 16.5. The summed E-state index contributed by atoms with van der Waals surface area (Å²) in [5, 5.41) is 3.13. The Morgan fingerprint density at radius 1 is 0.520 bits per heavy atom. The van der Waals surface area contributed by atoms with E-state index in [0.717, 1.165) is 38.8 Å². The van der Waals surface area contributed by atoms with Gasteiger partial charge in [0.05, 0.1) is 6.61 Å². The first-order valence-electron chi connectivity index (χ1n) is 22.0. The lowest BCUT2D eigenvalue weighted by Crippen LogP contribution is -2.38. The molecule has 0 saturated carbocycles. The van der Waals surface area contributed by atoms with Crippen LogP contribution < -0.4 is 5.32 Å². The van der Waals surface area contributed by atoms with E-state index in [1.807, 2.05) is 14.1 Å². The van der Waals surface area contributed by atoms with Gasteiger partial charge in [0.1, 0.15) is 6.23 Å². The lowest BCUT2D eigenvalue weighted by atomic mass is 10.1. The van der Waals surface area contributed by atoms with E-state index < -0.39 is 0 Å². The molecule has 50 heavy (non-hydrogen) atoms. The third-order valence-electron chi connectivity index (χ3n) is 9.63. The minimum absolute atomic E-state index is 0.0890. The Bertz CT molecular complexity index is 723. The highest BCUT2D eigenvalue weighted by Crippen LogP contribution is 2.12. The Kier molecular flexibility index (Phi) is 41.3. The average molecular weight is 705 g/mol. The Balaban J connectivity index is 3.89. The van der Waals surface area contributed by atoms with Crippen LogP contribution in [0.4, 0.5) is 0 Å². The predicted molar refractivity (Wildman–Crippen MR) is 220 cm³/mol. The van der Waals surface area contributed by atoms with Crippen molar-refractivity contribution in [2.75, 3.05) is 40.5 Å². The van der Waals surface area contributed by atoms with Crippen molar-refractivity contribution in [1.29, 1.82) is 0 Å². The molecule has 0 aromatic heterocycles. The largest absolute Gasteiger partial charge is 0.381 e. The summed E-state index contributed by atoms with van der Waals surface area (Å²) in [5.74, 6) is 0.0890. The van der Waals surface area contributed by atoms with Crippen LogP contribution in [0.2, 0.25) is 0 Å². The fraction of sp³-hybridized carbons (Fsp3) is 0.889. The molecule has 0 spiro atoms. The van der Waals surface area contributed by atoms with Crippen LogP contribution >= 0.6 is 0 Å². The van der Waals surface area contributed by atoms with E-state index in [2.05, 4.69) is 48.4 Å². The normalized spacial score (nSPS) is 12.6. The first kappa shape index (κ1) is 48.8. The number of unbranched alkanes of at least 4 members (excludes halogenated alkanes) is 24. The highest BCUT2D eigenvalue weighted by Gasteiger charge is 2.13. The van der Waals surface area contributed by atoms with Gasteiger partial charge in [0, 0.05) is 26.1 Å². The summed E-state index contributed by atoms with van der Waals surface area (Å²) in [7, 11) is 4.10. The maximum absolute atomic E-state index is 12.6. The topological polar surface area (TPSA) is 50.8 Å². The monoisotopic (exact) mass is 705 g/mol. The van der Waals surface area contributed by atoms with Crippen molar-refractivity contribution >= 4 is 5.91 Å². The van der Waals surface area contributed by atoms with Crippen molar-refractivity contribution < 1.29 is 14.3 Å². The molecule has 0 bridgehead atoms. The maximum Gasteiger partial charge on any atom is 0.222 e. The lowest BCUT2D eigenvalue weighted by Gasteiger charge is -2.20. The van der Waals surface area contributed by atoms with Gasteiger partial charge in [0.2, 0.25) is 5.91 Å². The summed E-state index contributed by atoms with van der Waals surface area (Å²) >= 11 is 0. The third kappa shape index (κ3) is 41.3. The SMILES string of the molecule is CCCCCCCC/C=C\CCCCCCCCOCCC(NC(=O)CCCN(C)C)OCCCCCCCC/C=C\CCCCCCCC. The molecule has 5 nitrogen and oxygen atoms in total. The number of nitrogens with zero attached hydrogens (tertiary/aromatic N) is 1. The van der Waals surface area contributed by atoms with Crippen LogP contribution in [0.25, 0.3) is 0 Å². The van der Waals surface area contributed by atoms with Gasteiger partial charge < -0.3 is 19.7 Å². The number of rotatable bonds is 41. The Labute approximate surface area is 313 Å². The lowest BCUT2D eigenvalue weighted by molar-refractivity contribution is -0.126. The van der Waals surface area contributed by atoms with Crippen LogP contribution in [0.1, 0.15) is 213 Å². The highest BCUT2D eigenvalue weighted by molar-refractivity contribution is 5.76. The summed E-state index contributed by atoms with van der Waals surface area (Å²) in [4.78, 5) is 14.7. The van der Waals surface area contributed by atoms with E-state index in [4.69, 9.17) is 9.47 Å². The first-order chi connectivity index (χ1) is 24.6. The summed E-state index contributed by atoms with van der Waals surface area (Å²) in [6.45, 7) is 7.64. The molecular weight excluding hydrogens is 617 g/mol. The zero-order chi connectivity index (χ0) is 36.4. The smallest absolute Gasteiger partial charge is 0.222 e. The number of carbonyl (C=O) groups excluding carboxylic acids is 1. The van der Waals surface area contributed by atoms with E-state index in [1.54, 1.807) is 0 Å². The van der Waals surface area contributed by atoms with Crippen LogP contribution in [0.3, 0.4) is 0 Å². The molecule has 5 heteroatoms. The zero-order valence-electron chi connectivity index (χ0n) is 34.3. The summed E-state index contributed by atoms with van der Waals surface area (Å²) in [5.41, 5.74) is 0. The molecule has 1 amide bonds. The summed E-state index contributed by atoms with van der Waals surface area (Å²) in [6.07, 6.45) is 48.2. The Hall–Kier alpha value is -1.17. The van der Waals surface area contributed by atoms with E-state index in [0.29, 0.717) is 19.6 Å². The number of amides is 1. The van der Waals surface area contributed by atoms with E-state index in [1.165, 1.54) is 167 Å². The van der Waals surface area contributed by atoms with E-state index in [-0.39, 0.29) is 12.1 Å². The van der Waals surface area contributed by atoms with Gasteiger partial charge in [-0.3, -0.25) is 4.79 Å². The van der Waals surface area contributed by atoms with Crippen molar-refractivity contribution in [3.63, 3.8) is 0 Å². The van der Waals surface area contributed by atoms with E-state index >= 15 is 0 Å². The number of ether oxygens (including phenoxy) is 2. The van der Waals surface area contributed by atoms with Crippen LogP contribution in [-0.2, 0) is 14.3 Å². The predicted octanol–water partition coefficient (Wildman–Crippen LogP) is 13.3. The summed E-state index contributed by atoms with van der Waals surface area (Å²) in [6, 6.07) is 0. The molecule has 1 unspecified atom stereocenters. The maximum atomic E-state index is 12.6. The number of carbonyl (C=O) groups is 1. The molecule has 0 aliphatic rings. The Morgan fingerprint density at radius 2 is 0.920 bits per heavy atom. The first-order valence-corrected chi connectivity index (χ1v) is 22.0. The molecule has 0 saturated heterocycles. The van der Waals surface area contributed by atoms with E-state index in [9.17, 15) is 4.79 Å². The third-order valence-corrected chi connectivity index (χ3v) is 9.63. The second-order valence-corrected chi connectivity index (χ2v) is 15.1. The quantitative estimate of drug-likeness (QED) is 0.0391. The summed E-state index contributed by atoms with van der Waals surface area (Å²) < 4.78 is 12.1. The van der Waals surface area contributed by atoms with Crippen LogP contribution in [-0.4, -0.2) is 57.5 Å². The van der Waals surface area contributed by atoms with Gasteiger partial charge in [0.25, 0.3) is 0 Å². The number of allylic oxidation sites excluding steroid dienone is 4. The van der Waals surface area contributed by atoms with Crippen LogP contribution in [0.15, 0.2) is 24.3 Å². The van der Waals surface area contributed by atoms with Gasteiger partial charge in [-0.15, -0.1) is 0 Å². The Morgan fingerprint density at radius 3 is 1.36 bits per heavy atom. The fourth-order valence-electron chi connectivity index (χ4n) is 6.32. The molecule has 296 valence electrons. The van der Waals surface area contributed by atoms with Crippen molar-refractivity contribution in [2.45, 2.75) is 219 Å². The zero-order valence-corrected chi connectivity index (χ0v) is 34.3. The van der Waals surface area contributed by atoms with Gasteiger partial charge in [-0.25, -0.2) is 0 Å². The van der Waals surface area contributed by atoms with Crippen molar-refractivity contribution in [3.05, 3.63) is 24.3 Å². The molecule has 0 rings (SSSR count). The second kappa shape index (κ2) is 42.2.